The van der Waals surface area contributed by atoms with Crippen LogP contribution in [0, 0.1) is 5.41 Å². The Morgan fingerprint density at radius 2 is 1.71 bits per heavy atom. The minimum absolute atomic E-state index is 0.289. The summed E-state index contributed by atoms with van der Waals surface area (Å²) in [6.45, 7) is 2.49. The molecule has 4 rings (SSSR count). The van der Waals surface area contributed by atoms with Crippen molar-refractivity contribution in [1.29, 1.82) is 0 Å². The van der Waals surface area contributed by atoms with Crippen molar-refractivity contribution in [2.75, 3.05) is 17.2 Å². The van der Waals surface area contributed by atoms with Crippen LogP contribution in [0.3, 0.4) is 0 Å². The Labute approximate surface area is 162 Å². The van der Waals surface area contributed by atoms with Crippen LogP contribution in [0.2, 0.25) is 0 Å². The third-order valence-corrected chi connectivity index (χ3v) is 4.92. The number of pyridine rings is 1. The van der Waals surface area contributed by atoms with E-state index >= 15 is 0 Å². The van der Waals surface area contributed by atoms with E-state index < -0.39 is 5.41 Å². The number of carbonyl (C=O) groups excluding carboxylic acids is 2. The van der Waals surface area contributed by atoms with Crippen LogP contribution >= 0.6 is 0 Å². The Hall–Kier alpha value is -3.41. The van der Waals surface area contributed by atoms with E-state index in [9.17, 15) is 9.59 Å². The van der Waals surface area contributed by atoms with Gasteiger partial charge in [0, 0.05) is 17.3 Å². The third kappa shape index (κ3) is 3.41. The Balaban J connectivity index is 1.48. The highest BCUT2D eigenvalue weighted by Gasteiger charge is 2.56. The van der Waals surface area contributed by atoms with Gasteiger partial charge >= 0.3 is 0 Å². The van der Waals surface area contributed by atoms with Crippen LogP contribution in [-0.2, 0) is 9.59 Å². The lowest BCUT2D eigenvalue weighted by atomic mass is 10.0. The number of hydrogen-bond donors (Lipinski definition) is 2. The second kappa shape index (κ2) is 7.31. The van der Waals surface area contributed by atoms with Crippen LogP contribution in [0.4, 0.5) is 11.4 Å². The molecule has 1 aliphatic rings. The highest BCUT2D eigenvalue weighted by molar-refractivity contribution is 6.18. The van der Waals surface area contributed by atoms with Crippen LogP contribution in [0.1, 0.15) is 19.8 Å². The smallest absolute Gasteiger partial charge is 0.240 e. The maximum atomic E-state index is 12.9. The fourth-order valence-electron chi connectivity index (χ4n) is 3.18. The van der Waals surface area contributed by atoms with E-state index in [1.807, 2.05) is 31.2 Å². The van der Waals surface area contributed by atoms with Gasteiger partial charge in [0.15, 0.2) is 0 Å². The molecular formula is C22H21N3O3. The van der Waals surface area contributed by atoms with E-state index in [4.69, 9.17) is 4.74 Å². The molecule has 0 unspecified atom stereocenters. The number of nitrogens with one attached hydrogen (secondary N) is 2. The molecule has 2 N–H and O–H groups in total. The molecule has 0 aliphatic heterocycles. The van der Waals surface area contributed by atoms with Crippen LogP contribution in [-0.4, -0.2) is 23.4 Å². The number of para-hydroxylation sites is 1. The molecule has 0 bridgehead atoms. The largest absolute Gasteiger partial charge is 0.494 e. The van der Waals surface area contributed by atoms with Gasteiger partial charge in [-0.1, -0.05) is 18.2 Å². The fourth-order valence-corrected chi connectivity index (χ4v) is 3.18. The fraction of sp³-hybridized carbons (Fsp3) is 0.227. The molecule has 0 spiro atoms. The average Bonchev–Trinajstić information content (AvgIpc) is 3.52. The highest BCUT2D eigenvalue weighted by atomic mass is 16.5. The molecule has 1 saturated carbocycles. The molecule has 1 fully saturated rings. The molecule has 0 saturated heterocycles. The number of benzene rings is 2. The van der Waals surface area contributed by atoms with E-state index in [1.54, 1.807) is 36.5 Å². The average molecular weight is 375 g/mol. The highest BCUT2D eigenvalue weighted by Crippen LogP contribution is 2.47. The van der Waals surface area contributed by atoms with E-state index in [0.717, 1.165) is 11.1 Å². The molecule has 6 heteroatoms. The van der Waals surface area contributed by atoms with E-state index in [-0.39, 0.29) is 11.8 Å². The number of rotatable bonds is 6. The van der Waals surface area contributed by atoms with Crippen molar-refractivity contribution in [3.63, 3.8) is 0 Å². The maximum absolute atomic E-state index is 12.9. The van der Waals surface area contributed by atoms with Crippen LogP contribution < -0.4 is 15.4 Å². The maximum Gasteiger partial charge on any atom is 0.240 e. The van der Waals surface area contributed by atoms with Crippen LogP contribution in [0.25, 0.3) is 10.9 Å². The zero-order valence-corrected chi connectivity index (χ0v) is 15.6. The summed E-state index contributed by atoms with van der Waals surface area (Å²) in [5.41, 5.74) is 0.930. The summed E-state index contributed by atoms with van der Waals surface area (Å²) in [4.78, 5) is 30.0. The Bertz CT molecular complexity index is 1020. The zero-order valence-electron chi connectivity index (χ0n) is 15.6. The molecule has 0 atom stereocenters. The Morgan fingerprint density at radius 1 is 1.00 bits per heavy atom. The molecule has 142 valence electrons. The van der Waals surface area contributed by atoms with Gasteiger partial charge in [0.1, 0.15) is 11.2 Å². The first-order valence-corrected chi connectivity index (χ1v) is 9.32. The minimum Gasteiger partial charge on any atom is -0.494 e. The first-order valence-electron chi connectivity index (χ1n) is 9.32. The van der Waals surface area contributed by atoms with Gasteiger partial charge in [-0.25, -0.2) is 0 Å². The summed E-state index contributed by atoms with van der Waals surface area (Å²) < 4.78 is 5.40. The molecular weight excluding hydrogens is 354 g/mol. The molecule has 3 aromatic rings. The van der Waals surface area contributed by atoms with Gasteiger partial charge in [-0.05, 0) is 56.2 Å². The number of carbonyl (C=O) groups is 2. The molecule has 28 heavy (non-hydrogen) atoms. The first-order chi connectivity index (χ1) is 13.6. The normalized spacial score (nSPS) is 14.3. The van der Waals surface area contributed by atoms with E-state index in [2.05, 4.69) is 15.6 Å². The van der Waals surface area contributed by atoms with Crippen molar-refractivity contribution in [3.05, 3.63) is 60.8 Å². The number of aromatic nitrogens is 1. The molecule has 1 aromatic heterocycles. The second-order valence-electron chi connectivity index (χ2n) is 6.83. The summed E-state index contributed by atoms with van der Waals surface area (Å²) >= 11 is 0. The van der Waals surface area contributed by atoms with Crippen molar-refractivity contribution < 1.29 is 14.3 Å². The van der Waals surface area contributed by atoms with E-state index in [1.165, 1.54) is 0 Å². The van der Waals surface area contributed by atoms with Crippen molar-refractivity contribution in [2.45, 2.75) is 19.8 Å². The van der Waals surface area contributed by atoms with Crippen molar-refractivity contribution in [2.24, 2.45) is 5.41 Å². The summed E-state index contributed by atoms with van der Waals surface area (Å²) in [6, 6.07) is 16.5. The van der Waals surface area contributed by atoms with Gasteiger partial charge in [0.05, 0.1) is 17.8 Å². The predicted molar refractivity (Wildman–Crippen MR) is 108 cm³/mol. The second-order valence-corrected chi connectivity index (χ2v) is 6.83. The number of hydrogen-bond acceptors (Lipinski definition) is 4. The lowest BCUT2D eigenvalue weighted by Gasteiger charge is -2.16. The van der Waals surface area contributed by atoms with Gasteiger partial charge in [0.2, 0.25) is 11.8 Å². The molecule has 1 heterocycles. The van der Waals surface area contributed by atoms with Gasteiger partial charge in [-0.3, -0.25) is 14.6 Å². The van der Waals surface area contributed by atoms with Gasteiger partial charge in [-0.15, -0.1) is 0 Å². The lowest BCUT2D eigenvalue weighted by Crippen LogP contribution is -2.35. The number of ether oxygens (including phenoxy) is 1. The number of nitrogens with zero attached hydrogens (tertiary/aromatic N) is 1. The monoisotopic (exact) mass is 375 g/mol. The summed E-state index contributed by atoms with van der Waals surface area (Å²) in [6.07, 6.45) is 2.74. The quantitative estimate of drug-likeness (QED) is 0.639. The van der Waals surface area contributed by atoms with Gasteiger partial charge < -0.3 is 15.4 Å². The molecule has 0 radical (unpaired) electrons. The molecule has 6 nitrogen and oxygen atoms in total. The standard InChI is InChI=1S/C22H21N3O3/c1-2-28-17-10-8-16(9-11-17)24-20(26)22(12-13-22)21(27)25-18-7-3-5-15-6-4-14-23-19(15)18/h3-11,14H,2,12-13H2,1H3,(H,24,26)(H,25,27). The van der Waals surface area contributed by atoms with Gasteiger partial charge in [0.25, 0.3) is 0 Å². The minimum atomic E-state index is -1.03. The summed E-state index contributed by atoms with van der Waals surface area (Å²) in [5.74, 6) is 0.152. The molecule has 1 aliphatic carbocycles. The van der Waals surface area contributed by atoms with E-state index in [0.29, 0.717) is 36.3 Å². The lowest BCUT2D eigenvalue weighted by molar-refractivity contribution is -0.131. The van der Waals surface area contributed by atoms with Crippen molar-refractivity contribution in [3.8, 4) is 5.75 Å². The zero-order chi connectivity index (χ0) is 19.6. The molecule has 2 amide bonds. The summed E-state index contributed by atoms with van der Waals surface area (Å²) in [5, 5.41) is 6.68. The third-order valence-electron chi connectivity index (χ3n) is 4.92. The number of fused-ring (bicyclic) bond motifs is 1. The molecule has 2 aromatic carbocycles. The Morgan fingerprint density at radius 3 is 2.43 bits per heavy atom. The topological polar surface area (TPSA) is 80.3 Å². The predicted octanol–water partition coefficient (Wildman–Crippen LogP) is 3.99. The SMILES string of the molecule is CCOc1ccc(NC(=O)C2(C(=O)Nc3cccc4cccnc34)CC2)cc1. The van der Waals surface area contributed by atoms with Crippen molar-refractivity contribution in [1.82, 2.24) is 4.98 Å². The van der Waals surface area contributed by atoms with Crippen LogP contribution in [0.15, 0.2) is 60.8 Å². The Kier molecular flexibility index (Phi) is 4.69. The summed E-state index contributed by atoms with van der Waals surface area (Å²) in [7, 11) is 0. The number of anilines is 2. The van der Waals surface area contributed by atoms with Crippen molar-refractivity contribution >= 4 is 34.1 Å². The van der Waals surface area contributed by atoms with Crippen LogP contribution in [0.5, 0.6) is 5.75 Å². The number of amides is 2. The van der Waals surface area contributed by atoms with Gasteiger partial charge in [-0.2, -0.15) is 0 Å². The first kappa shape index (κ1) is 18.0.